The van der Waals surface area contributed by atoms with Crippen LogP contribution in [0, 0.1) is 0 Å². The second kappa shape index (κ2) is 7.05. The van der Waals surface area contributed by atoms with Gasteiger partial charge in [0.05, 0.1) is 0 Å². The summed E-state index contributed by atoms with van der Waals surface area (Å²) in [7, 11) is 0. The number of hydrogen-bond donors (Lipinski definition) is 4. The second-order valence-electron chi connectivity index (χ2n) is 4.88. The van der Waals surface area contributed by atoms with Crippen molar-refractivity contribution < 1.29 is 14.7 Å². The number of benzene rings is 1. The number of nitrogens with two attached hydrogens (primary N) is 1. The van der Waals surface area contributed by atoms with Crippen LogP contribution in [0.25, 0.3) is 0 Å². The Bertz CT molecular complexity index is 497. The van der Waals surface area contributed by atoms with Gasteiger partial charge in [0.25, 0.3) is 5.91 Å². The summed E-state index contributed by atoms with van der Waals surface area (Å²) < 4.78 is 0. The molecule has 7 heteroatoms. The Morgan fingerprint density at radius 1 is 1.29 bits per heavy atom. The molecule has 1 atom stereocenters. The zero-order valence-electron chi connectivity index (χ0n) is 11.7. The van der Waals surface area contributed by atoms with Crippen LogP contribution in [0.5, 0.6) is 0 Å². The third-order valence-corrected chi connectivity index (χ3v) is 3.45. The van der Waals surface area contributed by atoms with E-state index >= 15 is 0 Å². The van der Waals surface area contributed by atoms with E-state index in [-0.39, 0.29) is 6.54 Å². The molecular weight excluding hydrogens is 272 g/mol. The van der Waals surface area contributed by atoms with Crippen LogP contribution in [-0.2, 0) is 4.79 Å². The van der Waals surface area contributed by atoms with E-state index in [1.165, 1.54) is 0 Å². The van der Waals surface area contributed by atoms with E-state index in [0.717, 1.165) is 31.9 Å². The molecule has 0 spiro atoms. The molecule has 1 unspecified atom stereocenters. The Labute approximate surface area is 123 Å². The molecule has 0 aromatic heterocycles. The third-order valence-electron chi connectivity index (χ3n) is 3.45. The minimum Gasteiger partial charge on any atom is -0.480 e. The monoisotopic (exact) mass is 292 g/mol. The smallest absolute Gasteiger partial charge is 0.327 e. The van der Waals surface area contributed by atoms with Gasteiger partial charge in [-0.1, -0.05) is 0 Å². The lowest BCUT2D eigenvalue weighted by molar-refractivity contribution is -0.138. The summed E-state index contributed by atoms with van der Waals surface area (Å²) in [5, 5.41) is 14.5. The average molecular weight is 292 g/mol. The van der Waals surface area contributed by atoms with Gasteiger partial charge in [0.15, 0.2) is 0 Å². The van der Waals surface area contributed by atoms with E-state index in [2.05, 4.69) is 15.5 Å². The number of carbonyl (C=O) groups excluding carboxylic acids is 1. The van der Waals surface area contributed by atoms with Crippen LogP contribution in [0.15, 0.2) is 24.3 Å². The van der Waals surface area contributed by atoms with Crippen LogP contribution in [0.1, 0.15) is 10.4 Å². The second-order valence-corrected chi connectivity index (χ2v) is 4.88. The van der Waals surface area contributed by atoms with E-state index in [0.29, 0.717) is 5.56 Å². The van der Waals surface area contributed by atoms with Crippen molar-refractivity contribution in [2.24, 2.45) is 5.73 Å². The van der Waals surface area contributed by atoms with E-state index in [9.17, 15) is 9.59 Å². The van der Waals surface area contributed by atoms with Crippen molar-refractivity contribution in [3.8, 4) is 0 Å². The van der Waals surface area contributed by atoms with Crippen LogP contribution < -0.4 is 21.3 Å². The molecular formula is C14H20N4O3. The maximum atomic E-state index is 12.0. The predicted molar refractivity (Wildman–Crippen MR) is 79.5 cm³/mol. The van der Waals surface area contributed by atoms with Gasteiger partial charge in [0, 0.05) is 44.0 Å². The fraction of sp³-hybridized carbons (Fsp3) is 0.429. The number of rotatable bonds is 5. The van der Waals surface area contributed by atoms with Crippen molar-refractivity contribution in [2.75, 3.05) is 37.6 Å². The minimum absolute atomic E-state index is 0.139. The number of anilines is 1. The highest BCUT2D eigenvalue weighted by Gasteiger charge is 2.19. The molecule has 114 valence electrons. The number of carboxylic acids is 1. The zero-order chi connectivity index (χ0) is 15.2. The van der Waals surface area contributed by atoms with Crippen molar-refractivity contribution in [3.63, 3.8) is 0 Å². The summed E-state index contributed by atoms with van der Waals surface area (Å²) >= 11 is 0. The summed E-state index contributed by atoms with van der Waals surface area (Å²) in [5.41, 5.74) is 6.80. The van der Waals surface area contributed by atoms with Gasteiger partial charge in [0.2, 0.25) is 0 Å². The largest absolute Gasteiger partial charge is 0.480 e. The van der Waals surface area contributed by atoms with Crippen LogP contribution in [-0.4, -0.2) is 55.7 Å². The lowest BCUT2D eigenvalue weighted by atomic mass is 10.1. The fourth-order valence-electron chi connectivity index (χ4n) is 2.21. The highest BCUT2D eigenvalue weighted by Crippen LogP contribution is 2.15. The maximum Gasteiger partial charge on any atom is 0.327 e. The number of carboxylic acid groups (broad SMARTS) is 1. The maximum absolute atomic E-state index is 12.0. The number of carbonyl (C=O) groups is 2. The normalized spacial score (nSPS) is 16.3. The molecule has 7 nitrogen and oxygen atoms in total. The number of hydrogen-bond acceptors (Lipinski definition) is 5. The molecule has 1 aliphatic heterocycles. The van der Waals surface area contributed by atoms with Crippen LogP contribution in [0.3, 0.4) is 0 Å². The van der Waals surface area contributed by atoms with Crippen molar-refractivity contribution >= 4 is 17.6 Å². The van der Waals surface area contributed by atoms with E-state index in [4.69, 9.17) is 10.8 Å². The van der Waals surface area contributed by atoms with Crippen LogP contribution in [0.4, 0.5) is 5.69 Å². The molecule has 1 fully saturated rings. The number of nitrogens with one attached hydrogen (secondary N) is 2. The number of aliphatic carboxylic acids is 1. The number of amides is 1. The van der Waals surface area contributed by atoms with E-state index in [1.54, 1.807) is 12.1 Å². The van der Waals surface area contributed by atoms with Gasteiger partial charge >= 0.3 is 5.97 Å². The van der Waals surface area contributed by atoms with Crippen molar-refractivity contribution in [3.05, 3.63) is 29.8 Å². The molecule has 1 saturated heterocycles. The van der Waals surface area contributed by atoms with Gasteiger partial charge < -0.3 is 26.4 Å². The Kier molecular flexibility index (Phi) is 5.13. The molecule has 0 saturated carbocycles. The summed E-state index contributed by atoms with van der Waals surface area (Å²) in [4.78, 5) is 25.0. The molecule has 0 aliphatic carbocycles. The van der Waals surface area contributed by atoms with Gasteiger partial charge in [0.1, 0.15) is 6.04 Å². The number of piperazine rings is 1. The molecule has 5 N–H and O–H groups in total. The first-order valence-electron chi connectivity index (χ1n) is 6.91. The first kappa shape index (κ1) is 15.3. The van der Waals surface area contributed by atoms with Crippen LogP contribution in [0.2, 0.25) is 0 Å². The molecule has 21 heavy (non-hydrogen) atoms. The Morgan fingerprint density at radius 2 is 1.90 bits per heavy atom. The molecule has 1 aromatic carbocycles. The van der Waals surface area contributed by atoms with Crippen molar-refractivity contribution in [2.45, 2.75) is 6.04 Å². The van der Waals surface area contributed by atoms with Gasteiger partial charge in [-0.25, -0.2) is 4.79 Å². The highest BCUT2D eigenvalue weighted by atomic mass is 16.4. The topological polar surface area (TPSA) is 108 Å². The highest BCUT2D eigenvalue weighted by molar-refractivity contribution is 5.96. The van der Waals surface area contributed by atoms with Gasteiger partial charge in [-0.2, -0.15) is 0 Å². The zero-order valence-corrected chi connectivity index (χ0v) is 11.7. The van der Waals surface area contributed by atoms with Crippen LogP contribution >= 0.6 is 0 Å². The molecule has 0 radical (unpaired) electrons. The van der Waals surface area contributed by atoms with E-state index < -0.39 is 17.9 Å². The summed E-state index contributed by atoms with van der Waals surface area (Å²) in [6, 6.07) is 6.08. The first-order chi connectivity index (χ1) is 10.1. The Balaban J connectivity index is 2.00. The molecule has 1 aliphatic rings. The molecule has 1 heterocycles. The van der Waals surface area contributed by atoms with E-state index in [1.807, 2.05) is 12.1 Å². The Hall–Kier alpha value is -2.12. The third kappa shape index (κ3) is 3.93. The quantitative estimate of drug-likeness (QED) is 0.568. The molecule has 1 amide bonds. The van der Waals surface area contributed by atoms with Gasteiger partial charge in [-0.05, 0) is 24.3 Å². The molecule has 2 rings (SSSR count). The van der Waals surface area contributed by atoms with Gasteiger partial charge in [-0.3, -0.25) is 4.79 Å². The lowest BCUT2D eigenvalue weighted by Crippen LogP contribution is -2.45. The standard InChI is InChI=1S/C14H20N4O3/c15-9-12(14(20)21)17-13(19)10-1-3-11(4-2-10)18-7-5-16-6-8-18/h1-4,12,16H,5-9,15H2,(H,17,19)(H,20,21). The molecule has 1 aromatic rings. The Morgan fingerprint density at radius 3 is 2.43 bits per heavy atom. The SMILES string of the molecule is NCC(NC(=O)c1ccc(N2CCNCC2)cc1)C(=O)O. The summed E-state index contributed by atoms with van der Waals surface area (Å²) in [6.45, 7) is 3.61. The summed E-state index contributed by atoms with van der Waals surface area (Å²) in [5.74, 6) is -1.57. The predicted octanol–water partition coefficient (Wildman–Crippen LogP) is -0.762. The van der Waals surface area contributed by atoms with Crippen molar-refractivity contribution in [1.82, 2.24) is 10.6 Å². The minimum atomic E-state index is -1.14. The molecule has 0 bridgehead atoms. The lowest BCUT2D eigenvalue weighted by Gasteiger charge is -2.29. The fourth-order valence-corrected chi connectivity index (χ4v) is 2.21. The van der Waals surface area contributed by atoms with Gasteiger partial charge in [-0.15, -0.1) is 0 Å². The van der Waals surface area contributed by atoms with Crippen molar-refractivity contribution in [1.29, 1.82) is 0 Å². The first-order valence-corrected chi connectivity index (χ1v) is 6.91. The average Bonchev–Trinajstić information content (AvgIpc) is 2.53. The summed E-state index contributed by atoms with van der Waals surface area (Å²) in [6.07, 6.45) is 0. The number of nitrogens with zero attached hydrogens (tertiary/aromatic N) is 1.